The molecule has 0 aliphatic heterocycles. The third kappa shape index (κ3) is 3.57. The molecule has 1 aliphatic rings. The fraction of sp³-hybridized carbons (Fsp3) is 0.389. The molecule has 5 nitrogen and oxygen atoms in total. The number of pyridine rings is 1. The van der Waals surface area contributed by atoms with Crippen molar-refractivity contribution < 1.29 is 18.6 Å². The topological polar surface area (TPSA) is 80.4 Å². The number of ether oxygens (including phenoxy) is 1. The summed E-state index contributed by atoms with van der Waals surface area (Å²) in [6.45, 7) is 1.86. The molecule has 1 aliphatic carbocycles. The fourth-order valence-corrected chi connectivity index (χ4v) is 3.23. The van der Waals surface area contributed by atoms with Crippen molar-refractivity contribution in [2.75, 3.05) is 5.43 Å². The van der Waals surface area contributed by atoms with Gasteiger partial charge in [-0.1, -0.05) is 6.07 Å². The third-order valence-electron chi connectivity index (χ3n) is 4.80. The smallest absolute Gasteiger partial charge is 0.159 e. The average molecular weight is 349 g/mol. The van der Waals surface area contributed by atoms with Crippen molar-refractivity contribution in [3.05, 3.63) is 53.2 Å². The predicted octanol–water partition coefficient (Wildman–Crippen LogP) is 3.16. The Bertz CT molecular complexity index is 762. The molecule has 2 aromatic rings. The van der Waals surface area contributed by atoms with E-state index in [-0.39, 0.29) is 6.10 Å². The molecular weight excluding hydrogens is 328 g/mol. The molecule has 7 heteroatoms. The molecule has 0 unspecified atom stereocenters. The Hall–Kier alpha value is -2.25. The largest absolute Gasteiger partial charge is 0.490 e. The maximum atomic E-state index is 13.5. The van der Waals surface area contributed by atoms with Crippen LogP contribution in [0.2, 0.25) is 0 Å². The molecular formula is C18H21F2N3O2. The van der Waals surface area contributed by atoms with Crippen LogP contribution in [0.15, 0.2) is 30.5 Å². The van der Waals surface area contributed by atoms with E-state index < -0.39 is 17.2 Å². The molecule has 3 rings (SSSR count). The summed E-state index contributed by atoms with van der Waals surface area (Å²) in [5.41, 5.74) is 2.57. The molecule has 1 fully saturated rings. The van der Waals surface area contributed by atoms with Crippen LogP contribution >= 0.6 is 0 Å². The first kappa shape index (κ1) is 17.6. The molecule has 1 aromatic heterocycles. The average Bonchev–Trinajstić information content (AvgIpc) is 2.61. The highest BCUT2D eigenvalue weighted by Crippen LogP contribution is 2.39. The lowest BCUT2D eigenvalue weighted by Gasteiger charge is -2.36. The number of anilines is 1. The van der Waals surface area contributed by atoms with Crippen LogP contribution in [-0.4, -0.2) is 16.2 Å². The van der Waals surface area contributed by atoms with E-state index in [0.717, 1.165) is 17.7 Å². The molecule has 4 N–H and O–H groups in total. The van der Waals surface area contributed by atoms with Gasteiger partial charge in [-0.05, 0) is 56.4 Å². The molecule has 1 aromatic carbocycles. The summed E-state index contributed by atoms with van der Waals surface area (Å²) in [6.07, 6.45) is 3.56. The van der Waals surface area contributed by atoms with Crippen molar-refractivity contribution in [3.63, 3.8) is 0 Å². The van der Waals surface area contributed by atoms with Crippen LogP contribution in [-0.2, 0) is 5.60 Å². The van der Waals surface area contributed by atoms with Gasteiger partial charge >= 0.3 is 0 Å². The number of nitrogens with one attached hydrogen (secondary N) is 1. The van der Waals surface area contributed by atoms with E-state index in [1.54, 1.807) is 12.3 Å². The summed E-state index contributed by atoms with van der Waals surface area (Å²) in [7, 11) is 0. The summed E-state index contributed by atoms with van der Waals surface area (Å²) in [5.74, 6) is 4.79. The number of benzene rings is 1. The van der Waals surface area contributed by atoms with Crippen molar-refractivity contribution in [3.8, 4) is 5.75 Å². The number of hydrogen-bond donors (Lipinski definition) is 3. The lowest BCUT2D eigenvalue weighted by Crippen LogP contribution is -2.35. The minimum Gasteiger partial charge on any atom is -0.490 e. The molecule has 1 saturated carbocycles. The first-order chi connectivity index (χ1) is 11.9. The third-order valence-corrected chi connectivity index (χ3v) is 4.80. The Morgan fingerprint density at radius 1 is 1.24 bits per heavy atom. The van der Waals surface area contributed by atoms with Crippen LogP contribution in [0.3, 0.4) is 0 Å². The van der Waals surface area contributed by atoms with E-state index in [0.29, 0.717) is 42.8 Å². The highest BCUT2D eigenvalue weighted by Gasteiger charge is 2.36. The van der Waals surface area contributed by atoms with Gasteiger partial charge < -0.3 is 15.3 Å². The van der Waals surface area contributed by atoms with Gasteiger partial charge in [0.15, 0.2) is 11.6 Å². The number of hydrogen-bond acceptors (Lipinski definition) is 5. The zero-order valence-electron chi connectivity index (χ0n) is 13.9. The maximum Gasteiger partial charge on any atom is 0.159 e. The second-order valence-corrected chi connectivity index (χ2v) is 6.40. The number of aliphatic hydroxyl groups is 1. The zero-order valence-corrected chi connectivity index (χ0v) is 13.9. The summed E-state index contributed by atoms with van der Waals surface area (Å²) in [4.78, 5) is 4.11. The number of nitrogens with two attached hydrogens (primary N) is 1. The Morgan fingerprint density at radius 3 is 2.60 bits per heavy atom. The van der Waals surface area contributed by atoms with Crippen LogP contribution in [0, 0.1) is 18.6 Å². The normalized spacial score (nSPS) is 23.3. The van der Waals surface area contributed by atoms with E-state index in [1.807, 2.05) is 6.92 Å². The minimum absolute atomic E-state index is 0.0719. The highest BCUT2D eigenvalue weighted by atomic mass is 19.2. The van der Waals surface area contributed by atoms with Gasteiger partial charge in [0.25, 0.3) is 0 Å². The second kappa shape index (κ2) is 6.93. The van der Waals surface area contributed by atoms with Gasteiger partial charge in [-0.3, -0.25) is 0 Å². The summed E-state index contributed by atoms with van der Waals surface area (Å²) in [5, 5.41) is 10.8. The standard InChI is InChI=1S/C18H21F2N3O2/c1-11-16(6-9-22-17(11)23-21)25-13-4-7-18(24,8-5-13)12-2-3-14(19)15(20)10-12/h2-3,6,9-10,13,24H,4-5,7-8,21H2,1H3,(H,22,23)/t13-,18+. The van der Waals surface area contributed by atoms with Crippen molar-refractivity contribution >= 4 is 5.82 Å². The predicted molar refractivity (Wildman–Crippen MR) is 89.9 cm³/mol. The Kier molecular flexibility index (Phi) is 4.87. The van der Waals surface area contributed by atoms with Gasteiger partial charge in [0.2, 0.25) is 0 Å². The minimum atomic E-state index is -1.16. The SMILES string of the molecule is Cc1c(O[C@H]2CC[C@](O)(c3ccc(F)c(F)c3)CC2)ccnc1NN. The fourth-order valence-electron chi connectivity index (χ4n) is 3.23. The molecule has 0 amide bonds. The number of aromatic nitrogens is 1. The monoisotopic (exact) mass is 349 g/mol. The molecule has 0 bridgehead atoms. The van der Waals surface area contributed by atoms with Crippen molar-refractivity contribution in [1.82, 2.24) is 4.98 Å². The molecule has 0 atom stereocenters. The molecule has 0 spiro atoms. The lowest BCUT2D eigenvalue weighted by molar-refractivity contribution is -0.0306. The zero-order chi connectivity index (χ0) is 18.0. The molecule has 0 radical (unpaired) electrons. The van der Waals surface area contributed by atoms with Crippen LogP contribution in [0.4, 0.5) is 14.6 Å². The number of halogens is 2. The van der Waals surface area contributed by atoms with E-state index in [2.05, 4.69) is 10.4 Å². The molecule has 134 valence electrons. The number of hydrazine groups is 1. The van der Waals surface area contributed by atoms with E-state index in [4.69, 9.17) is 10.6 Å². The van der Waals surface area contributed by atoms with Crippen molar-refractivity contribution in [2.24, 2.45) is 5.84 Å². The van der Waals surface area contributed by atoms with Crippen molar-refractivity contribution in [1.29, 1.82) is 0 Å². The first-order valence-electron chi connectivity index (χ1n) is 8.20. The lowest BCUT2D eigenvalue weighted by atomic mass is 9.78. The summed E-state index contributed by atoms with van der Waals surface area (Å²) >= 11 is 0. The van der Waals surface area contributed by atoms with E-state index >= 15 is 0 Å². The second-order valence-electron chi connectivity index (χ2n) is 6.40. The van der Waals surface area contributed by atoms with Gasteiger partial charge in [0.05, 0.1) is 11.7 Å². The van der Waals surface area contributed by atoms with Crippen LogP contribution in [0.5, 0.6) is 5.75 Å². The van der Waals surface area contributed by atoms with Crippen LogP contribution in [0.25, 0.3) is 0 Å². The van der Waals surface area contributed by atoms with E-state index in [1.165, 1.54) is 6.07 Å². The number of rotatable bonds is 4. The van der Waals surface area contributed by atoms with Gasteiger partial charge in [0.1, 0.15) is 11.6 Å². The van der Waals surface area contributed by atoms with Gasteiger partial charge in [-0.15, -0.1) is 0 Å². The number of nitrogen functional groups attached to an aromatic ring is 1. The van der Waals surface area contributed by atoms with Gasteiger partial charge in [-0.25, -0.2) is 19.6 Å². The van der Waals surface area contributed by atoms with E-state index in [9.17, 15) is 13.9 Å². The summed E-state index contributed by atoms with van der Waals surface area (Å²) < 4.78 is 32.6. The van der Waals surface area contributed by atoms with Crippen molar-refractivity contribution in [2.45, 2.75) is 44.3 Å². The Balaban J connectivity index is 1.68. The highest BCUT2D eigenvalue weighted by molar-refractivity contribution is 5.49. The number of nitrogens with zero attached hydrogens (tertiary/aromatic N) is 1. The molecule has 1 heterocycles. The Morgan fingerprint density at radius 2 is 1.96 bits per heavy atom. The van der Waals surface area contributed by atoms with Crippen LogP contribution < -0.4 is 16.0 Å². The quantitative estimate of drug-likeness (QED) is 0.584. The molecule has 25 heavy (non-hydrogen) atoms. The Labute approximate surface area is 144 Å². The maximum absolute atomic E-state index is 13.5. The van der Waals surface area contributed by atoms with Gasteiger partial charge in [0, 0.05) is 11.8 Å². The van der Waals surface area contributed by atoms with Crippen LogP contribution in [0.1, 0.15) is 36.8 Å². The molecule has 0 saturated heterocycles. The van der Waals surface area contributed by atoms with Gasteiger partial charge in [-0.2, -0.15) is 0 Å². The first-order valence-corrected chi connectivity index (χ1v) is 8.20. The summed E-state index contributed by atoms with van der Waals surface area (Å²) in [6, 6.07) is 5.33.